The van der Waals surface area contributed by atoms with E-state index in [2.05, 4.69) is 15.6 Å². The monoisotopic (exact) mass is 339 g/mol. The molecule has 1 atom stereocenters. The molecule has 24 heavy (non-hydrogen) atoms. The van der Waals surface area contributed by atoms with Crippen LogP contribution in [0.2, 0.25) is 0 Å². The Kier molecular flexibility index (Phi) is 4.27. The Bertz CT molecular complexity index is 728. The van der Waals surface area contributed by atoms with Crippen molar-refractivity contribution in [3.8, 4) is 5.69 Å². The van der Waals surface area contributed by atoms with Gasteiger partial charge in [-0.15, -0.1) is 5.10 Å². The first-order valence-corrected chi connectivity index (χ1v) is 7.49. The van der Waals surface area contributed by atoms with E-state index in [4.69, 9.17) is 0 Å². The lowest BCUT2D eigenvalue weighted by atomic mass is 10.2. The maximum absolute atomic E-state index is 13.5. The molecule has 1 aliphatic heterocycles. The molecular formula is C15H16F3N5O. The van der Waals surface area contributed by atoms with Crippen molar-refractivity contribution >= 4 is 5.91 Å². The zero-order valence-electron chi connectivity index (χ0n) is 12.9. The summed E-state index contributed by atoms with van der Waals surface area (Å²) in [5.74, 6) is -0.752. The number of alkyl halides is 3. The third-order valence-corrected chi connectivity index (χ3v) is 3.80. The van der Waals surface area contributed by atoms with E-state index in [1.165, 1.54) is 17.0 Å². The van der Waals surface area contributed by atoms with Gasteiger partial charge >= 0.3 is 6.18 Å². The summed E-state index contributed by atoms with van der Waals surface area (Å²) in [4.78, 5) is 13.9. The number of halogens is 3. The van der Waals surface area contributed by atoms with Gasteiger partial charge < -0.3 is 10.2 Å². The number of para-hydroxylation sites is 1. The summed E-state index contributed by atoms with van der Waals surface area (Å²) in [6.45, 7) is 3.05. The number of hydrogen-bond donors (Lipinski definition) is 1. The molecule has 1 aromatic heterocycles. The number of carbonyl (C=O) groups is 1. The molecular weight excluding hydrogens is 323 g/mol. The molecule has 128 valence electrons. The van der Waals surface area contributed by atoms with E-state index in [1.54, 1.807) is 18.2 Å². The minimum absolute atomic E-state index is 0.0150. The number of carbonyl (C=O) groups excluding carboxylic acids is 1. The topological polar surface area (TPSA) is 63.1 Å². The van der Waals surface area contributed by atoms with Crippen LogP contribution in [0.5, 0.6) is 0 Å². The van der Waals surface area contributed by atoms with E-state index in [0.717, 1.165) is 0 Å². The second kappa shape index (κ2) is 6.23. The van der Waals surface area contributed by atoms with Gasteiger partial charge in [-0.25, -0.2) is 4.68 Å². The number of nitrogens with one attached hydrogen (secondary N) is 1. The summed E-state index contributed by atoms with van der Waals surface area (Å²) < 4.78 is 41.3. The molecule has 1 aliphatic rings. The molecule has 9 heteroatoms. The molecule has 1 N–H and O–H groups in total. The van der Waals surface area contributed by atoms with Gasteiger partial charge in [0.25, 0.3) is 5.91 Å². The molecule has 0 radical (unpaired) electrons. The molecule has 6 nitrogen and oxygen atoms in total. The average molecular weight is 339 g/mol. The van der Waals surface area contributed by atoms with Crippen molar-refractivity contribution in [2.45, 2.75) is 19.1 Å². The van der Waals surface area contributed by atoms with Crippen LogP contribution >= 0.6 is 0 Å². The number of amides is 1. The zero-order valence-corrected chi connectivity index (χ0v) is 12.9. The van der Waals surface area contributed by atoms with Gasteiger partial charge in [0, 0.05) is 25.7 Å². The second-order valence-electron chi connectivity index (χ2n) is 5.64. The molecule has 3 rings (SSSR count). The normalized spacial score (nSPS) is 18.7. The lowest BCUT2D eigenvalue weighted by molar-refractivity contribution is -0.143. The minimum Gasteiger partial charge on any atom is -0.334 e. The lowest BCUT2D eigenvalue weighted by Gasteiger charge is -2.31. The summed E-state index contributed by atoms with van der Waals surface area (Å²) in [5.41, 5.74) is -1.62. The second-order valence-corrected chi connectivity index (χ2v) is 5.64. The summed E-state index contributed by atoms with van der Waals surface area (Å²) in [5, 5.41) is 10.2. The van der Waals surface area contributed by atoms with Gasteiger partial charge in [0.05, 0.1) is 5.69 Å². The maximum atomic E-state index is 13.5. The van der Waals surface area contributed by atoms with E-state index in [9.17, 15) is 18.0 Å². The molecule has 0 spiro atoms. The van der Waals surface area contributed by atoms with Crippen molar-refractivity contribution in [3.63, 3.8) is 0 Å². The highest BCUT2D eigenvalue weighted by Gasteiger charge is 2.43. The van der Waals surface area contributed by atoms with Crippen LogP contribution in [0.1, 0.15) is 23.1 Å². The van der Waals surface area contributed by atoms with Crippen LogP contribution in [0.25, 0.3) is 5.69 Å². The molecule has 1 unspecified atom stereocenters. The Morgan fingerprint density at radius 1 is 1.29 bits per heavy atom. The number of aromatic nitrogens is 3. The number of nitrogens with zero attached hydrogens (tertiary/aromatic N) is 4. The quantitative estimate of drug-likeness (QED) is 0.905. The molecule has 2 heterocycles. The molecule has 1 aromatic carbocycles. The van der Waals surface area contributed by atoms with Crippen LogP contribution in [0.15, 0.2) is 30.3 Å². The van der Waals surface area contributed by atoms with E-state index < -0.39 is 23.5 Å². The first-order chi connectivity index (χ1) is 11.4. The molecule has 1 amide bonds. The van der Waals surface area contributed by atoms with Crippen LogP contribution < -0.4 is 5.32 Å². The van der Waals surface area contributed by atoms with E-state index >= 15 is 0 Å². The van der Waals surface area contributed by atoms with Crippen LogP contribution in [-0.4, -0.2) is 51.5 Å². The number of benzene rings is 1. The Morgan fingerprint density at radius 3 is 2.62 bits per heavy atom. The van der Waals surface area contributed by atoms with Gasteiger partial charge in [0.1, 0.15) is 0 Å². The largest absolute Gasteiger partial charge is 0.435 e. The molecule has 1 saturated heterocycles. The average Bonchev–Trinajstić information content (AvgIpc) is 3.00. The Balaban J connectivity index is 2.02. The van der Waals surface area contributed by atoms with E-state index in [0.29, 0.717) is 24.3 Å². The predicted molar refractivity (Wildman–Crippen MR) is 79.7 cm³/mol. The predicted octanol–water partition coefficient (Wildman–Crippen LogP) is 1.72. The summed E-state index contributed by atoms with van der Waals surface area (Å²) in [7, 11) is 0. The highest BCUT2D eigenvalue weighted by Crippen LogP contribution is 2.33. The first-order valence-electron chi connectivity index (χ1n) is 7.49. The standard InChI is InChI=1S/C15H16F3N5O/c1-10-9-22(8-7-19-10)14(24)12-13(15(16,17)18)23(21-20-12)11-5-3-2-4-6-11/h2-6,10,19H,7-9H2,1H3. The number of rotatable bonds is 2. The summed E-state index contributed by atoms with van der Waals surface area (Å²) in [6.07, 6.45) is -4.75. The fourth-order valence-corrected chi connectivity index (χ4v) is 2.70. The molecule has 0 aliphatic carbocycles. The summed E-state index contributed by atoms with van der Waals surface area (Å²) in [6, 6.07) is 7.84. The highest BCUT2D eigenvalue weighted by molar-refractivity contribution is 5.93. The van der Waals surface area contributed by atoms with Gasteiger partial charge in [0.2, 0.25) is 0 Å². The van der Waals surface area contributed by atoms with E-state index in [1.807, 2.05) is 6.92 Å². The van der Waals surface area contributed by atoms with Gasteiger partial charge in [-0.3, -0.25) is 4.79 Å². The van der Waals surface area contributed by atoms with E-state index in [-0.39, 0.29) is 11.7 Å². The van der Waals surface area contributed by atoms with Gasteiger partial charge in [-0.05, 0) is 19.1 Å². The van der Waals surface area contributed by atoms with Crippen LogP contribution in [0.4, 0.5) is 13.2 Å². The van der Waals surface area contributed by atoms with Gasteiger partial charge in [-0.1, -0.05) is 23.4 Å². The summed E-state index contributed by atoms with van der Waals surface area (Å²) >= 11 is 0. The highest BCUT2D eigenvalue weighted by atomic mass is 19.4. The fraction of sp³-hybridized carbons (Fsp3) is 0.400. The maximum Gasteiger partial charge on any atom is 0.435 e. The van der Waals surface area contributed by atoms with Crippen molar-refractivity contribution in [1.82, 2.24) is 25.2 Å². The number of hydrogen-bond acceptors (Lipinski definition) is 4. The third-order valence-electron chi connectivity index (χ3n) is 3.80. The minimum atomic E-state index is -4.75. The van der Waals surface area contributed by atoms with Crippen molar-refractivity contribution < 1.29 is 18.0 Å². The fourth-order valence-electron chi connectivity index (χ4n) is 2.70. The van der Waals surface area contributed by atoms with Crippen LogP contribution in [0, 0.1) is 0 Å². The molecule has 0 bridgehead atoms. The van der Waals surface area contributed by atoms with Crippen molar-refractivity contribution in [2.75, 3.05) is 19.6 Å². The Hall–Kier alpha value is -2.42. The zero-order chi connectivity index (χ0) is 17.3. The van der Waals surface area contributed by atoms with Crippen LogP contribution in [0.3, 0.4) is 0 Å². The van der Waals surface area contributed by atoms with Gasteiger partial charge in [-0.2, -0.15) is 13.2 Å². The smallest absolute Gasteiger partial charge is 0.334 e. The van der Waals surface area contributed by atoms with Crippen molar-refractivity contribution in [3.05, 3.63) is 41.7 Å². The molecule has 1 fully saturated rings. The lowest BCUT2D eigenvalue weighted by Crippen LogP contribution is -2.51. The molecule has 0 saturated carbocycles. The molecule has 2 aromatic rings. The van der Waals surface area contributed by atoms with Crippen molar-refractivity contribution in [2.24, 2.45) is 0 Å². The number of piperazine rings is 1. The van der Waals surface area contributed by atoms with Crippen molar-refractivity contribution in [1.29, 1.82) is 0 Å². The Labute approximate surface area is 136 Å². The Morgan fingerprint density at radius 2 is 2.00 bits per heavy atom. The third kappa shape index (κ3) is 3.12. The van der Waals surface area contributed by atoms with Crippen LogP contribution in [-0.2, 0) is 6.18 Å². The first kappa shape index (κ1) is 16.4. The van der Waals surface area contributed by atoms with Gasteiger partial charge in [0.15, 0.2) is 11.4 Å². The SMILES string of the molecule is CC1CN(C(=O)c2nnn(-c3ccccc3)c2C(F)(F)F)CCN1.